The fourth-order valence-corrected chi connectivity index (χ4v) is 2.12. The highest BCUT2D eigenvalue weighted by Crippen LogP contribution is 2.09. The summed E-state index contributed by atoms with van der Waals surface area (Å²) >= 11 is 0. The largest absolute Gasteiger partial charge is 0.306 e. The second-order valence-electron chi connectivity index (χ2n) is 5.04. The van der Waals surface area contributed by atoms with E-state index in [1.165, 1.54) is 24.8 Å². The van der Waals surface area contributed by atoms with Crippen molar-refractivity contribution in [1.82, 2.24) is 5.32 Å². The standard InChI is InChI=1S/C17H25F2N/c1-2-3-4-8-11-16(12-13-17(18)19)20-14-15-9-6-5-7-10-15/h5-7,9-10,12-13,16-17,20H,2-4,8,11,14H2,1H3/b13-12+. The van der Waals surface area contributed by atoms with Gasteiger partial charge in [-0.1, -0.05) is 69.0 Å². The first kappa shape index (κ1) is 16.8. The molecule has 0 fully saturated rings. The second kappa shape index (κ2) is 10.6. The maximum Gasteiger partial charge on any atom is 0.257 e. The van der Waals surface area contributed by atoms with Crippen molar-refractivity contribution in [3.05, 3.63) is 48.0 Å². The Morgan fingerprint density at radius 3 is 2.45 bits per heavy atom. The molecular formula is C17H25F2N. The third-order valence-electron chi connectivity index (χ3n) is 3.27. The first-order chi connectivity index (χ1) is 9.72. The summed E-state index contributed by atoms with van der Waals surface area (Å²) in [5, 5.41) is 3.35. The molecule has 0 aliphatic rings. The van der Waals surface area contributed by atoms with Gasteiger partial charge in [0.1, 0.15) is 0 Å². The Balaban J connectivity index is 2.40. The van der Waals surface area contributed by atoms with Gasteiger partial charge in [0.25, 0.3) is 6.43 Å². The number of halogens is 2. The molecule has 0 aliphatic heterocycles. The molecule has 20 heavy (non-hydrogen) atoms. The molecular weight excluding hydrogens is 256 g/mol. The quantitative estimate of drug-likeness (QED) is 0.473. The molecule has 0 bridgehead atoms. The van der Waals surface area contributed by atoms with E-state index >= 15 is 0 Å². The van der Waals surface area contributed by atoms with Crippen LogP contribution in [-0.2, 0) is 6.54 Å². The average Bonchev–Trinajstić information content (AvgIpc) is 2.46. The number of unbranched alkanes of at least 4 members (excludes halogenated alkanes) is 3. The van der Waals surface area contributed by atoms with Crippen LogP contribution >= 0.6 is 0 Å². The van der Waals surface area contributed by atoms with Crippen LogP contribution in [0.3, 0.4) is 0 Å². The summed E-state index contributed by atoms with van der Waals surface area (Å²) < 4.78 is 24.6. The molecule has 0 amide bonds. The third kappa shape index (κ3) is 8.05. The van der Waals surface area contributed by atoms with Crippen LogP contribution in [0.4, 0.5) is 8.78 Å². The van der Waals surface area contributed by atoms with Crippen molar-refractivity contribution in [2.45, 2.75) is 58.0 Å². The minimum absolute atomic E-state index is 0.0288. The lowest BCUT2D eigenvalue weighted by Gasteiger charge is -2.15. The molecule has 3 heteroatoms. The van der Waals surface area contributed by atoms with Crippen LogP contribution in [0.15, 0.2) is 42.5 Å². The molecule has 1 nitrogen and oxygen atoms in total. The van der Waals surface area contributed by atoms with Crippen LogP contribution in [0, 0.1) is 0 Å². The van der Waals surface area contributed by atoms with Crippen LogP contribution in [-0.4, -0.2) is 12.5 Å². The Labute approximate surface area is 121 Å². The summed E-state index contributed by atoms with van der Waals surface area (Å²) in [6, 6.07) is 10.1. The first-order valence-corrected chi connectivity index (χ1v) is 7.46. The van der Waals surface area contributed by atoms with Crippen molar-refractivity contribution in [1.29, 1.82) is 0 Å². The monoisotopic (exact) mass is 281 g/mol. The summed E-state index contributed by atoms with van der Waals surface area (Å²) in [7, 11) is 0. The third-order valence-corrected chi connectivity index (χ3v) is 3.27. The Bertz CT molecular complexity index is 363. The summed E-state index contributed by atoms with van der Waals surface area (Å²) in [5.41, 5.74) is 1.18. The predicted molar refractivity (Wildman–Crippen MR) is 81.0 cm³/mol. The smallest absolute Gasteiger partial charge is 0.257 e. The zero-order chi connectivity index (χ0) is 14.6. The van der Waals surface area contributed by atoms with Gasteiger partial charge in [0.2, 0.25) is 0 Å². The van der Waals surface area contributed by atoms with Crippen molar-refractivity contribution in [3.63, 3.8) is 0 Å². The second-order valence-corrected chi connectivity index (χ2v) is 5.04. The number of alkyl halides is 2. The summed E-state index contributed by atoms with van der Waals surface area (Å²) in [6.07, 6.45) is 5.79. The van der Waals surface area contributed by atoms with Crippen LogP contribution in [0.5, 0.6) is 0 Å². The molecule has 0 aromatic heterocycles. The number of allylic oxidation sites excluding steroid dienone is 1. The maximum atomic E-state index is 12.3. The van der Waals surface area contributed by atoms with Gasteiger partial charge in [0.15, 0.2) is 0 Å². The molecule has 1 aromatic carbocycles. The van der Waals surface area contributed by atoms with E-state index in [0.29, 0.717) is 6.54 Å². The predicted octanol–water partition coefficient (Wildman–Crippen LogP) is 4.94. The Morgan fingerprint density at radius 1 is 1.05 bits per heavy atom. The fourth-order valence-electron chi connectivity index (χ4n) is 2.12. The molecule has 0 saturated carbocycles. The first-order valence-electron chi connectivity index (χ1n) is 7.46. The van der Waals surface area contributed by atoms with Crippen LogP contribution < -0.4 is 5.32 Å². The maximum absolute atomic E-state index is 12.3. The van der Waals surface area contributed by atoms with Gasteiger partial charge in [0.05, 0.1) is 0 Å². The molecule has 1 unspecified atom stereocenters. The summed E-state index contributed by atoms with van der Waals surface area (Å²) in [5.74, 6) is 0. The normalized spacial score (nSPS) is 13.2. The van der Waals surface area contributed by atoms with E-state index in [1.54, 1.807) is 6.08 Å². The molecule has 0 radical (unpaired) electrons. The molecule has 0 heterocycles. The van der Waals surface area contributed by atoms with Crippen LogP contribution in [0.25, 0.3) is 0 Å². The van der Waals surface area contributed by atoms with Gasteiger partial charge in [0, 0.05) is 12.6 Å². The molecule has 0 aliphatic carbocycles. The average molecular weight is 281 g/mol. The molecule has 1 aromatic rings. The number of nitrogens with one attached hydrogen (secondary N) is 1. The lowest BCUT2D eigenvalue weighted by Crippen LogP contribution is -2.26. The van der Waals surface area contributed by atoms with E-state index in [2.05, 4.69) is 12.2 Å². The highest BCUT2D eigenvalue weighted by atomic mass is 19.3. The SMILES string of the molecule is CCCCCCC(/C=C/C(F)F)NCc1ccccc1. The molecule has 0 saturated heterocycles. The van der Waals surface area contributed by atoms with Gasteiger partial charge in [-0.2, -0.15) is 0 Å². The zero-order valence-corrected chi connectivity index (χ0v) is 12.2. The van der Waals surface area contributed by atoms with E-state index in [1.807, 2.05) is 30.3 Å². The van der Waals surface area contributed by atoms with Crippen molar-refractivity contribution in [3.8, 4) is 0 Å². The molecule has 112 valence electrons. The number of rotatable bonds is 10. The molecule has 1 N–H and O–H groups in total. The van der Waals surface area contributed by atoms with E-state index in [0.717, 1.165) is 18.9 Å². The zero-order valence-electron chi connectivity index (χ0n) is 12.2. The van der Waals surface area contributed by atoms with Gasteiger partial charge in [-0.25, -0.2) is 8.78 Å². The highest BCUT2D eigenvalue weighted by Gasteiger charge is 2.05. The van der Waals surface area contributed by atoms with Gasteiger partial charge >= 0.3 is 0 Å². The number of hydrogen-bond acceptors (Lipinski definition) is 1. The van der Waals surface area contributed by atoms with Gasteiger partial charge in [-0.3, -0.25) is 0 Å². The molecule has 0 spiro atoms. The van der Waals surface area contributed by atoms with E-state index < -0.39 is 6.43 Å². The lowest BCUT2D eigenvalue weighted by atomic mass is 10.1. The van der Waals surface area contributed by atoms with Crippen molar-refractivity contribution in [2.24, 2.45) is 0 Å². The van der Waals surface area contributed by atoms with Crippen molar-refractivity contribution in [2.75, 3.05) is 0 Å². The minimum atomic E-state index is -2.37. The van der Waals surface area contributed by atoms with Gasteiger partial charge < -0.3 is 5.32 Å². The molecule has 1 atom stereocenters. The van der Waals surface area contributed by atoms with Crippen molar-refractivity contribution < 1.29 is 8.78 Å². The van der Waals surface area contributed by atoms with Gasteiger partial charge in [-0.15, -0.1) is 0 Å². The van der Waals surface area contributed by atoms with Gasteiger partial charge in [-0.05, 0) is 18.1 Å². The topological polar surface area (TPSA) is 12.0 Å². The number of benzene rings is 1. The lowest BCUT2D eigenvalue weighted by molar-refractivity contribution is 0.203. The van der Waals surface area contributed by atoms with E-state index in [-0.39, 0.29) is 6.04 Å². The van der Waals surface area contributed by atoms with E-state index in [4.69, 9.17) is 0 Å². The Morgan fingerprint density at radius 2 is 1.80 bits per heavy atom. The van der Waals surface area contributed by atoms with Crippen LogP contribution in [0.1, 0.15) is 44.6 Å². The summed E-state index contributed by atoms with van der Waals surface area (Å²) in [4.78, 5) is 0. The minimum Gasteiger partial charge on any atom is -0.306 e. The molecule has 1 rings (SSSR count). The van der Waals surface area contributed by atoms with Crippen LogP contribution in [0.2, 0.25) is 0 Å². The fraction of sp³-hybridized carbons (Fsp3) is 0.529. The number of hydrogen-bond donors (Lipinski definition) is 1. The Hall–Kier alpha value is -1.22. The highest BCUT2D eigenvalue weighted by molar-refractivity contribution is 5.14. The van der Waals surface area contributed by atoms with E-state index in [9.17, 15) is 8.78 Å². The van der Waals surface area contributed by atoms with Crippen molar-refractivity contribution >= 4 is 0 Å². The Kier molecular flexibility index (Phi) is 8.88. The summed E-state index contributed by atoms with van der Waals surface area (Å²) in [6.45, 7) is 2.88.